The van der Waals surface area contributed by atoms with Crippen LogP contribution >= 0.6 is 0 Å². The second-order valence-electron chi connectivity index (χ2n) is 8.00. The van der Waals surface area contributed by atoms with Crippen molar-refractivity contribution >= 4 is 11.7 Å². The molecule has 0 bridgehead atoms. The van der Waals surface area contributed by atoms with Crippen molar-refractivity contribution in [3.05, 3.63) is 29.7 Å². The van der Waals surface area contributed by atoms with Crippen molar-refractivity contribution in [1.82, 2.24) is 29.6 Å². The third-order valence-corrected chi connectivity index (χ3v) is 5.32. The molecule has 1 saturated carbocycles. The Balaban J connectivity index is 1.56. The quantitative estimate of drug-likeness (QED) is 0.839. The minimum atomic E-state index is 0.0302. The fraction of sp³-hybridized carbons (Fsp3) is 0.632. The molecule has 0 spiro atoms. The van der Waals surface area contributed by atoms with E-state index in [4.69, 9.17) is 0 Å². The van der Waals surface area contributed by atoms with Crippen LogP contribution in [0.25, 0.3) is 0 Å². The van der Waals surface area contributed by atoms with Crippen LogP contribution in [0.3, 0.4) is 0 Å². The van der Waals surface area contributed by atoms with Gasteiger partial charge in [0, 0.05) is 25.1 Å². The van der Waals surface area contributed by atoms with Crippen LogP contribution in [0.2, 0.25) is 0 Å². The molecule has 1 atom stereocenters. The fourth-order valence-electron chi connectivity index (χ4n) is 3.74. The molecule has 2 aromatic heterocycles. The summed E-state index contributed by atoms with van der Waals surface area (Å²) >= 11 is 0. The van der Waals surface area contributed by atoms with E-state index in [-0.39, 0.29) is 17.9 Å². The summed E-state index contributed by atoms with van der Waals surface area (Å²) in [4.78, 5) is 27.8. The lowest BCUT2D eigenvalue weighted by Gasteiger charge is -2.30. The first-order valence-electron chi connectivity index (χ1n) is 9.75. The van der Waals surface area contributed by atoms with E-state index in [1.165, 1.54) is 0 Å². The number of anilines is 1. The van der Waals surface area contributed by atoms with E-state index < -0.39 is 0 Å². The van der Waals surface area contributed by atoms with Gasteiger partial charge in [-0.15, -0.1) is 0 Å². The van der Waals surface area contributed by atoms with Crippen LogP contribution in [0.5, 0.6) is 0 Å². The van der Waals surface area contributed by atoms with Gasteiger partial charge >= 0.3 is 0 Å². The summed E-state index contributed by atoms with van der Waals surface area (Å²) in [5.74, 6) is 2.79. The summed E-state index contributed by atoms with van der Waals surface area (Å²) in [5, 5.41) is 7.80. The van der Waals surface area contributed by atoms with E-state index in [1.54, 1.807) is 12.7 Å². The highest BCUT2D eigenvalue weighted by molar-refractivity contribution is 5.81. The number of nitrogens with zero attached hydrogens (tertiary/aromatic N) is 6. The zero-order valence-electron chi connectivity index (χ0n) is 16.2. The average molecular weight is 369 g/mol. The van der Waals surface area contributed by atoms with Crippen molar-refractivity contribution in [1.29, 1.82) is 0 Å². The lowest BCUT2D eigenvalue weighted by atomic mass is 10.0. The van der Waals surface area contributed by atoms with Crippen LogP contribution in [-0.4, -0.2) is 42.1 Å². The van der Waals surface area contributed by atoms with Gasteiger partial charge in [-0.3, -0.25) is 9.48 Å². The molecule has 1 aliphatic heterocycles. The molecule has 8 nitrogen and oxygen atoms in total. The average Bonchev–Trinajstić information content (AvgIpc) is 3.41. The molecule has 2 aliphatic rings. The molecule has 0 aromatic carbocycles. The molecule has 1 amide bonds. The first kappa shape index (κ1) is 17.9. The van der Waals surface area contributed by atoms with Gasteiger partial charge in [0.25, 0.3) is 0 Å². The van der Waals surface area contributed by atoms with Gasteiger partial charge in [-0.05, 0) is 31.6 Å². The maximum absolute atomic E-state index is 12.4. The molecule has 1 unspecified atom stereocenters. The van der Waals surface area contributed by atoms with Gasteiger partial charge in [0.05, 0.1) is 18.3 Å². The third-order valence-electron chi connectivity index (χ3n) is 5.32. The molecule has 1 aliphatic carbocycles. The van der Waals surface area contributed by atoms with Crippen molar-refractivity contribution in [3.8, 4) is 0 Å². The molecule has 0 saturated heterocycles. The molecule has 27 heavy (non-hydrogen) atoms. The zero-order valence-corrected chi connectivity index (χ0v) is 16.2. The summed E-state index contributed by atoms with van der Waals surface area (Å²) in [6.45, 7) is 5.72. The van der Waals surface area contributed by atoms with Crippen molar-refractivity contribution in [3.63, 3.8) is 0 Å². The normalized spacial score (nSPS) is 17.7. The second kappa shape index (κ2) is 7.25. The van der Waals surface area contributed by atoms with Crippen molar-refractivity contribution in [2.45, 2.75) is 52.1 Å². The molecule has 2 aromatic rings. The first-order valence-corrected chi connectivity index (χ1v) is 9.75. The molecule has 144 valence electrons. The molecule has 1 N–H and O–H groups in total. The van der Waals surface area contributed by atoms with E-state index >= 15 is 0 Å². The van der Waals surface area contributed by atoms with E-state index in [9.17, 15) is 4.79 Å². The Morgan fingerprint density at radius 1 is 1.26 bits per heavy atom. The number of carbonyl (C=O) groups excluding carboxylic acids is 1. The molecule has 1 fully saturated rings. The highest BCUT2D eigenvalue weighted by Gasteiger charge is 2.35. The van der Waals surface area contributed by atoms with E-state index in [2.05, 4.69) is 39.2 Å². The van der Waals surface area contributed by atoms with Crippen LogP contribution in [0.1, 0.15) is 56.2 Å². The van der Waals surface area contributed by atoms with Gasteiger partial charge in [-0.25, -0.2) is 15.0 Å². The van der Waals surface area contributed by atoms with Crippen LogP contribution in [0, 0.1) is 11.8 Å². The molecular formula is C19H27N7O. The molecule has 0 radical (unpaired) electrons. The summed E-state index contributed by atoms with van der Waals surface area (Å²) in [6.07, 6.45) is 6.96. The summed E-state index contributed by atoms with van der Waals surface area (Å²) in [5.41, 5.74) is 2.07. The van der Waals surface area contributed by atoms with Crippen molar-refractivity contribution in [2.75, 3.05) is 11.9 Å². The minimum absolute atomic E-state index is 0.0302. The predicted octanol–water partition coefficient (Wildman–Crippen LogP) is 2.10. The number of aryl methyl sites for hydroxylation is 1. The number of hydrogen-bond acceptors (Lipinski definition) is 6. The van der Waals surface area contributed by atoms with Gasteiger partial charge < -0.3 is 10.2 Å². The zero-order chi connectivity index (χ0) is 19.0. The predicted molar refractivity (Wildman–Crippen MR) is 101 cm³/mol. The van der Waals surface area contributed by atoms with E-state index in [1.807, 2.05) is 16.6 Å². The summed E-state index contributed by atoms with van der Waals surface area (Å²) in [6, 6.07) is 0.0302. The molecule has 8 heteroatoms. The fourth-order valence-corrected chi connectivity index (χ4v) is 3.74. The largest absolute Gasteiger partial charge is 0.360 e. The van der Waals surface area contributed by atoms with E-state index in [0.29, 0.717) is 12.5 Å². The summed E-state index contributed by atoms with van der Waals surface area (Å²) < 4.78 is 1.81. The Kier molecular flexibility index (Phi) is 4.80. The number of rotatable bonds is 6. The number of aromatic nitrogens is 5. The van der Waals surface area contributed by atoms with E-state index in [0.717, 1.165) is 55.1 Å². The number of hydrogen-bond donors (Lipinski definition) is 1. The van der Waals surface area contributed by atoms with Gasteiger partial charge in [-0.1, -0.05) is 13.8 Å². The minimum Gasteiger partial charge on any atom is -0.360 e. The van der Waals surface area contributed by atoms with Crippen LogP contribution in [-0.2, 0) is 24.8 Å². The highest BCUT2D eigenvalue weighted by Crippen LogP contribution is 2.34. The Bertz CT molecular complexity index is 827. The lowest BCUT2D eigenvalue weighted by molar-refractivity contribution is -0.133. The topological polar surface area (TPSA) is 88.8 Å². The Morgan fingerprint density at radius 3 is 2.74 bits per heavy atom. The lowest BCUT2D eigenvalue weighted by Crippen LogP contribution is -2.38. The number of fused-ring (bicyclic) bond motifs is 1. The Labute approximate surface area is 159 Å². The maximum atomic E-state index is 12.4. The monoisotopic (exact) mass is 369 g/mol. The Morgan fingerprint density at radius 2 is 2.07 bits per heavy atom. The van der Waals surface area contributed by atoms with Gasteiger partial charge in [0.1, 0.15) is 24.3 Å². The molecular weight excluding hydrogens is 342 g/mol. The third kappa shape index (κ3) is 3.79. The van der Waals surface area contributed by atoms with Gasteiger partial charge in [0.2, 0.25) is 5.91 Å². The number of amides is 1. The smallest absolute Gasteiger partial charge is 0.226 e. The van der Waals surface area contributed by atoms with Crippen molar-refractivity contribution < 1.29 is 4.79 Å². The van der Waals surface area contributed by atoms with Crippen LogP contribution in [0.4, 0.5) is 5.82 Å². The standard InChI is InChI=1S/C19H27N7O/c1-12(2)8-15(18-22-11-23-25(18)3)24-17-14-6-7-26(19(27)13-4-5-13)9-16(14)20-10-21-17/h10-13,15H,4-9H2,1-3H3,(H,20,21,24). The van der Waals surface area contributed by atoms with Crippen molar-refractivity contribution in [2.24, 2.45) is 18.9 Å². The number of carbonyl (C=O) groups is 1. The molecule has 4 rings (SSSR count). The first-order chi connectivity index (χ1) is 13.0. The van der Waals surface area contributed by atoms with Gasteiger partial charge in [-0.2, -0.15) is 5.10 Å². The number of nitrogens with one attached hydrogen (secondary N) is 1. The maximum Gasteiger partial charge on any atom is 0.226 e. The molecule has 3 heterocycles. The van der Waals surface area contributed by atoms with Gasteiger partial charge in [0.15, 0.2) is 0 Å². The Hall–Kier alpha value is -2.51. The summed E-state index contributed by atoms with van der Waals surface area (Å²) in [7, 11) is 1.91. The highest BCUT2D eigenvalue weighted by atomic mass is 16.2. The SMILES string of the molecule is CC(C)CC(Nc1ncnc2c1CCN(C(=O)C1CC1)C2)c1ncnn1C. The second-order valence-corrected chi connectivity index (χ2v) is 8.00. The van der Waals surface area contributed by atoms with Crippen LogP contribution < -0.4 is 5.32 Å². The van der Waals surface area contributed by atoms with Crippen LogP contribution in [0.15, 0.2) is 12.7 Å².